The second-order valence-corrected chi connectivity index (χ2v) is 3.71. The van der Waals surface area contributed by atoms with Crippen LogP contribution in [0.25, 0.3) is 0 Å². The van der Waals surface area contributed by atoms with E-state index in [-0.39, 0.29) is 5.57 Å². The fraction of sp³-hybridized carbons (Fsp3) is 0.154. The van der Waals surface area contributed by atoms with E-state index in [0.29, 0.717) is 11.4 Å². The number of nitrogen functional groups attached to an aromatic ring is 1. The number of carbonyl (C=O) groups is 2. The normalized spacial score (nSPS) is 10.5. The maximum Gasteiger partial charge on any atom is 0.277 e. The molecule has 0 bridgehead atoms. The highest BCUT2D eigenvalue weighted by atomic mass is 16.2. The van der Waals surface area contributed by atoms with Gasteiger partial charge in [-0.15, -0.1) is 0 Å². The predicted molar refractivity (Wildman–Crippen MR) is 71.8 cm³/mol. The van der Waals surface area contributed by atoms with Gasteiger partial charge in [-0.3, -0.25) is 9.59 Å². The van der Waals surface area contributed by atoms with Gasteiger partial charge in [-0.05, 0) is 24.3 Å². The lowest BCUT2D eigenvalue weighted by atomic mass is 10.2. The van der Waals surface area contributed by atoms with E-state index in [2.05, 4.69) is 5.32 Å². The number of rotatable bonds is 3. The molecule has 0 aromatic heterocycles. The monoisotopic (exact) mass is 258 g/mol. The van der Waals surface area contributed by atoms with Crippen LogP contribution in [0.1, 0.15) is 6.92 Å². The zero-order valence-corrected chi connectivity index (χ0v) is 10.7. The molecule has 1 aromatic rings. The maximum atomic E-state index is 12.1. The van der Waals surface area contributed by atoms with Gasteiger partial charge in [0.2, 0.25) is 5.91 Å². The molecule has 0 radical (unpaired) electrons. The Balaban J connectivity index is 3.19. The van der Waals surface area contributed by atoms with Crippen LogP contribution in [0.5, 0.6) is 0 Å². The average molecular weight is 258 g/mol. The number of nitrogens with one attached hydrogen (secondary N) is 1. The zero-order chi connectivity index (χ0) is 14.4. The first-order chi connectivity index (χ1) is 9.01. The number of benzene rings is 1. The summed E-state index contributed by atoms with van der Waals surface area (Å²) in [7, 11) is 1.56. The van der Waals surface area contributed by atoms with Gasteiger partial charge in [0.05, 0.1) is 5.69 Å². The summed E-state index contributed by atoms with van der Waals surface area (Å²) in [6, 6.07) is 7.99. The number of imide groups is 1. The van der Waals surface area contributed by atoms with Crippen molar-refractivity contribution in [2.24, 2.45) is 0 Å². The minimum atomic E-state index is -0.686. The Morgan fingerprint density at radius 2 is 1.95 bits per heavy atom. The first-order valence-electron chi connectivity index (χ1n) is 5.49. The number of hydrogen-bond acceptors (Lipinski definition) is 5. The van der Waals surface area contributed by atoms with E-state index < -0.39 is 11.8 Å². The number of carbonyl (C=O) groups excluding carboxylic acids is 2. The quantitative estimate of drug-likeness (QED) is 0.474. The van der Waals surface area contributed by atoms with Gasteiger partial charge in [0.25, 0.3) is 5.91 Å². The van der Waals surface area contributed by atoms with Gasteiger partial charge in [-0.2, -0.15) is 5.26 Å². The molecule has 0 aliphatic carbocycles. The van der Waals surface area contributed by atoms with Gasteiger partial charge >= 0.3 is 0 Å². The highest BCUT2D eigenvalue weighted by Crippen LogP contribution is 2.18. The van der Waals surface area contributed by atoms with Crippen LogP contribution < -0.4 is 16.0 Å². The van der Waals surface area contributed by atoms with Crippen LogP contribution in [0.3, 0.4) is 0 Å². The lowest BCUT2D eigenvalue weighted by Crippen LogP contribution is -2.36. The Morgan fingerprint density at radius 3 is 2.37 bits per heavy atom. The molecule has 1 rings (SSSR count). The standard InChI is InChI=1S/C13H14N4O2/c1-9(18)17(12-5-3-11(15)4-6-12)13(19)10(7-14)8-16-2/h3-6,8,16H,15H2,1-2H3/b10-8-. The molecule has 2 amide bonds. The molecule has 19 heavy (non-hydrogen) atoms. The molecule has 0 heterocycles. The van der Waals surface area contributed by atoms with E-state index in [4.69, 9.17) is 11.0 Å². The smallest absolute Gasteiger partial charge is 0.277 e. The van der Waals surface area contributed by atoms with Gasteiger partial charge in [0.1, 0.15) is 11.6 Å². The van der Waals surface area contributed by atoms with Crippen LogP contribution in [0, 0.1) is 11.3 Å². The number of anilines is 2. The lowest BCUT2D eigenvalue weighted by molar-refractivity contribution is -0.123. The van der Waals surface area contributed by atoms with Crippen LogP contribution in [-0.4, -0.2) is 18.9 Å². The Bertz CT molecular complexity index is 555. The molecule has 6 nitrogen and oxygen atoms in total. The van der Waals surface area contributed by atoms with Crippen molar-refractivity contribution in [1.82, 2.24) is 5.32 Å². The third-order valence-electron chi connectivity index (χ3n) is 2.31. The molecule has 0 saturated carbocycles. The Kier molecular flexibility index (Phi) is 4.66. The highest BCUT2D eigenvalue weighted by molar-refractivity contribution is 6.21. The highest BCUT2D eigenvalue weighted by Gasteiger charge is 2.23. The summed E-state index contributed by atoms with van der Waals surface area (Å²) < 4.78 is 0. The van der Waals surface area contributed by atoms with Crippen molar-refractivity contribution in [1.29, 1.82) is 5.26 Å². The predicted octanol–water partition coefficient (Wildman–Crippen LogP) is 0.775. The minimum absolute atomic E-state index is 0.158. The van der Waals surface area contributed by atoms with Crippen molar-refractivity contribution < 1.29 is 9.59 Å². The summed E-state index contributed by atoms with van der Waals surface area (Å²) in [6.07, 6.45) is 1.25. The topological polar surface area (TPSA) is 99.2 Å². The largest absolute Gasteiger partial charge is 0.399 e. The molecule has 98 valence electrons. The molecule has 1 aromatic carbocycles. The summed E-state index contributed by atoms with van der Waals surface area (Å²) in [4.78, 5) is 24.7. The number of nitrogens with two attached hydrogens (primary N) is 1. The zero-order valence-electron chi connectivity index (χ0n) is 10.7. The van der Waals surface area contributed by atoms with E-state index >= 15 is 0 Å². The first kappa shape index (κ1) is 14.3. The summed E-state index contributed by atoms with van der Waals surface area (Å²) in [5, 5.41) is 11.5. The third-order valence-corrected chi connectivity index (χ3v) is 2.31. The SMILES string of the molecule is CN/C=C(/C#N)C(=O)N(C(C)=O)c1ccc(N)cc1. The molecular formula is C13H14N4O2. The molecular weight excluding hydrogens is 244 g/mol. The van der Waals surface area contributed by atoms with Crippen molar-refractivity contribution in [3.8, 4) is 6.07 Å². The molecule has 6 heteroatoms. The number of nitriles is 1. The first-order valence-corrected chi connectivity index (χ1v) is 5.49. The van der Waals surface area contributed by atoms with E-state index in [0.717, 1.165) is 4.90 Å². The van der Waals surface area contributed by atoms with Crippen molar-refractivity contribution in [2.45, 2.75) is 6.92 Å². The average Bonchev–Trinajstić information content (AvgIpc) is 2.38. The minimum Gasteiger partial charge on any atom is -0.399 e. The molecule has 0 aliphatic heterocycles. The van der Waals surface area contributed by atoms with Crippen LogP contribution in [0.4, 0.5) is 11.4 Å². The molecule has 0 spiro atoms. The van der Waals surface area contributed by atoms with Gasteiger partial charge in [-0.25, -0.2) is 4.90 Å². The van der Waals surface area contributed by atoms with E-state index in [1.54, 1.807) is 37.4 Å². The van der Waals surface area contributed by atoms with E-state index in [1.165, 1.54) is 13.1 Å². The maximum absolute atomic E-state index is 12.1. The molecule has 0 unspecified atom stereocenters. The van der Waals surface area contributed by atoms with Gasteiger partial charge in [0.15, 0.2) is 0 Å². The summed E-state index contributed by atoms with van der Waals surface area (Å²) in [5.74, 6) is -1.17. The van der Waals surface area contributed by atoms with Crippen molar-refractivity contribution >= 4 is 23.2 Å². The summed E-state index contributed by atoms with van der Waals surface area (Å²) >= 11 is 0. The van der Waals surface area contributed by atoms with Crippen LogP contribution in [-0.2, 0) is 9.59 Å². The Hall–Kier alpha value is -2.81. The molecule has 0 saturated heterocycles. The van der Waals surface area contributed by atoms with Crippen LogP contribution in [0.2, 0.25) is 0 Å². The fourth-order valence-electron chi connectivity index (χ4n) is 1.47. The number of hydrogen-bond donors (Lipinski definition) is 2. The Labute approximate surface area is 111 Å². The third kappa shape index (κ3) is 3.33. The van der Waals surface area contributed by atoms with Gasteiger partial charge in [-0.1, -0.05) is 0 Å². The van der Waals surface area contributed by atoms with Crippen molar-refractivity contribution in [3.63, 3.8) is 0 Å². The van der Waals surface area contributed by atoms with Crippen molar-refractivity contribution in [3.05, 3.63) is 36.0 Å². The summed E-state index contributed by atoms with van der Waals surface area (Å²) in [6.45, 7) is 1.25. The van der Waals surface area contributed by atoms with E-state index in [9.17, 15) is 9.59 Å². The second kappa shape index (κ2) is 6.21. The number of amides is 2. The van der Waals surface area contributed by atoms with Crippen LogP contribution in [0.15, 0.2) is 36.0 Å². The van der Waals surface area contributed by atoms with Crippen molar-refractivity contribution in [2.75, 3.05) is 17.7 Å². The Morgan fingerprint density at radius 1 is 1.37 bits per heavy atom. The second-order valence-electron chi connectivity index (χ2n) is 3.71. The van der Waals surface area contributed by atoms with E-state index in [1.807, 2.05) is 0 Å². The van der Waals surface area contributed by atoms with Gasteiger partial charge < -0.3 is 11.1 Å². The summed E-state index contributed by atoms with van der Waals surface area (Å²) in [5.41, 5.74) is 6.28. The van der Waals surface area contributed by atoms with Crippen LogP contribution >= 0.6 is 0 Å². The van der Waals surface area contributed by atoms with Gasteiger partial charge in [0, 0.05) is 25.9 Å². The fourth-order valence-corrected chi connectivity index (χ4v) is 1.47. The lowest BCUT2D eigenvalue weighted by Gasteiger charge is -2.18. The molecule has 0 fully saturated rings. The molecule has 0 aliphatic rings. The molecule has 0 atom stereocenters. The number of nitrogens with zero attached hydrogens (tertiary/aromatic N) is 2. The molecule has 3 N–H and O–H groups in total.